The molecule has 1 amide bonds. The van der Waals surface area contributed by atoms with Crippen LogP contribution in [0, 0.1) is 5.92 Å². The first-order valence-electron chi connectivity index (χ1n) is 12.5. The molecule has 3 aromatic rings. The SMILES string of the molecule is CCCCOC(=O)NS(=O)(=O)c1ccc(CC(C)C)cc1-c1ccc(Cn2ccnc2C(C)(C)F)cc1. The van der Waals surface area contributed by atoms with Crippen LogP contribution in [0.4, 0.5) is 9.18 Å². The van der Waals surface area contributed by atoms with Crippen LogP contribution < -0.4 is 4.72 Å². The molecule has 0 fully saturated rings. The number of nitrogens with zero attached hydrogens (tertiary/aromatic N) is 2. The van der Waals surface area contributed by atoms with Crippen molar-refractivity contribution in [2.24, 2.45) is 5.92 Å². The number of unbranched alkanes of at least 4 members (excludes halogenated alkanes) is 1. The van der Waals surface area contributed by atoms with E-state index in [4.69, 9.17) is 4.74 Å². The zero-order valence-electron chi connectivity index (χ0n) is 22.1. The molecule has 0 bridgehead atoms. The molecule has 3 rings (SSSR count). The molecule has 0 unspecified atom stereocenters. The molecular weight excluding hydrogens is 493 g/mol. The first-order valence-corrected chi connectivity index (χ1v) is 14.0. The summed E-state index contributed by atoms with van der Waals surface area (Å²) in [6, 6.07) is 12.6. The Hall–Kier alpha value is -3.20. The summed E-state index contributed by atoms with van der Waals surface area (Å²) >= 11 is 0. The van der Waals surface area contributed by atoms with Gasteiger partial charge in [0.1, 0.15) is 5.82 Å². The van der Waals surface area contributed by atoms with E-state index in [0.717, 1.165) is 24.0 Å². The molecule has 0 spiro atoms. The first-order chi connectivity index (χ1) is 17.4. The average molecular weight is 530 g/mol. The van der Waals surface area contributed by atoms with E-state index in [2.05, 4.69) is 18.8 Å². The second-order valence-electron chi connectivity index (χ2n) is 10.1. The zero-order chi connectivity index (χ0) is 27.2. The first kappa shape index (κ1) is 28.4. The fraction of sp³-hybridized carbons (Fsp3) is 0.429. The van der Waals surface area contributed by atoms with E-state index in [1.54, 1.807) is 23.0 Å². The minimum Gasteiger partial charge on any atom is -0.449 e. The molecule has 0 aliphatic carbocycles. The summed E-state index contributed by atoms with van der Waals surface area (Å²) < 4.78 is 49.6. The van der Waals surface area contributed by atoms with Gasteiger partial charge in [-0.05, 0) is 61.4 Å². The second kappa shape index (κ2) is 11.9. The Morgan fingerprint density at radius 1 is 1.14 bits per heavy atom. The number of carbonyl (C=O) groups excluding carboxylic acids is 1. The summed E-state index contributed by atoms with van der Waals surface area (Å²) in [5.74, 6) is 0.719. The second-order valence-corrected chi connectivity index (χ2v) is 11.7. The van der Waals surface area contributed by atoms with Gasteiger partial charge < -0.3 is 9.30 Å². The molecule has 2 aromatic carbocycles. The molecular formula is C28H36FN3O4S. The molecule has 37 heavy (non-hydrogen) atoms. The Bertz CT molecular complexity index is 1310. The molecule has 200 valence electrons. The summed E-state index contributed by atoms with van der Waals surface area (Å²) in [6.45, 7) is 9.64. The molecule has 0 saturated heterocycles. The maximum absolute atomic E-state index is 14.5. The van der Waals surface area contributed by atoms with Gasteiger partial charge in [-0.15, -0.1) is 0 Å². The number of hydrogen-bond donors (Lipinski definition) is 1. The highest BCUT2D eigenvalue weighted by atomic mass is 32.2. The van der Waals surface area contributed by atoms with Crippen molar-refractivity contribution in [3.05, 3.63) is 71.8 Å². The molecule has 1 aromatic heterocycles. The van der Waals surface area contributed by atoms with Gasteiger partial charge in [-0.2, -0.15) is 0 Å². The van der Waals surface area contributed by atoms with Crippen molar-refractivity contribution in [1.82, 2.24) is 14.3 Å². The number of amides is 1. The fourth-order valence-electron chi connectivity index (χ4n) is 4.08. The number of carbonyl (C=O) groups is 1. The van der Waals surface area contributed by atoms with Gasteiger partial charge in [0.15, 0.2) is 5.67 Å². The Balaban J connectivity index is 1.93. The molecule has 7 nitrogen and oxygen atoms in total. The zero-order valence-corrected chi connectivity index (χ0v) is 22.9. The van der Waals surface area contributed by atoms with Crippen LogP contribution in [0.1, 0.15) is 64.4 Å². The van der Waals surface area contributed by atoms with Gasteiger partial charge in [0.25, 0.3) is 10.0 Å². The Morgan fingerprint density at radius 3 is 2.43 bits per heavy atom. The van der Waals surface area contributed by atoms with E-state index < -0.39 is 21.8 Å². The van der Waals surface area contributed by atoms with E-state index >= 15 is 0 Å². The topological polar surface area (TPSA) is 90.3 Å². The van der Waals surface area contributed by atoms with Crippen LogP contribution >= 0.6 is 0 Å². The molecule has 0 aliphatic heterocycles. The lowest BCUT2D eigenvalue weighted by molar-refractivity contribution is 0.151. The fourth-order valence-corrected chi connectivity index (χ4v) is 5.18. The molecule has 0 atom stereocenters. The number of alkyl halides is 1. The standard InChI is InChI=1S/C28H36FN3O4S/c1-6-7-16-36-27(33)31-37(34,35)25-13-10-22(17-20(2)3)18-24(25)23-11-8-21(9-12-23)19-32-15-14-30-26(32)28(4,5)29/h8-15,18,20H,6-7,16-17,19H2,1-5H3,(H,31,33). The predicted molar refractivity (Wildman–Crippen MR) is 142 cm³/mol. The lowest BCUT2D eigenvalue weighted by Gasteiger charge is -2.17. The largest absolute Gasteiger partial charge is 0.449 e. The number of nitrogens with one attached hydrogen (secondary N) is 1. The highest BCUT2D eigenvalue weighted by Crippen LogP contribution is 2.30. The molecule has 1 N–H and O–H groups in total. The number of hydrogen-bond acceptors (Lipinski definition) is 5. The summed E-state index contributed by atoms with van der Waals surface area (Å²) in [7, 11) is -4.17. The Labute approximate surface area is 219 Å². The van der Waals surface area contributed by atoms with E-state index in [-0.39, 0.29) is 11.5 Å². The number of imidazole rings is 1. The summed E-state index contributed by atoms with van der Waals surface area (Å²) in [5, 5.41) is 0. The highest BCUT2D eigenvalue weighted by molar-refractivity contribution is 7.90. The Kier molecular flexibility index (Phi) is 9.12. The van der Waals surface area contributed by atoms with Crippen LogP contribution in [0.2, 0.25) is 0 Å². The van der Waals surface area contributed by atoms with E-state index in [9.17, 15) is 17.6 Å². The molecule has 9 heteroatoms. The monoisotopic (exact) mass is 529 g/mol. The summed E-state index contributed by atoms with van der Waals surface area (Å²) in [6.07, 6.45) is 4.57. The number of rotatable bonds is 11. The third kappa shape index (κ3) is 7.64. The number of aromatic nitrogens is 2. The highest BCUT2D eigenvalue weighted by Gasteiger charge is 2.25. The third-order valence-electron chi connectivity index (χ3n) is 5.79. The lowest BCUT2D eigenvalue weighted by Crippen LogP contribution is -2.31. The summed E-state index contributed by atoms with van der Waals surface area (Å²) in [4.78, 5) is 16.3. The predicted octanol–water partition coefficient (Wildman–Crippen LogP) is 6.22. The van der Waals surface area contributed by atoms with Gasteiger partial charge >= 0.3 is 6.09 Å². The maximum atomic E-state index is 14.5. The molecule has 1 heterocycles. The minimum atomic E-state index is -4.17. The normalized spacial score (nSPS) is 12.1. The van der Waals surface area contributed by atoms with Crippen molar-refractivity contribution in [3.63, 3.8) is 0 Å². The third-order valence-corrected chi connectivity index (χ3v) is 7.16. The van der Waals surface area contributed by atoms with Gasteiger partial charge in [0.05, 0.1) is 11.5 Å². The van der Waals surface area contributed by atoms with Gasteiger partial charge in [-0.25, -0.2) is 27.3 Å². The number of ether oxygens (including phenoxy) is 1. The molecule has 0 aliphatic rings. The smallest absolute Gasteiger partial charge is 0.421 e. The van der Waals surface area contributed by atoms with Crippen molar-refractivity contribution in [2.75, 3.05) is 6.61 Å². The molecule has 0 radical (unpaired) electrons. The van der Waals surface area contributed by atoms with Crippen molar-refractivity contribution in [3.8, 4) is 11.1 Å². The van der Waals surface area contributed by atoms with Crippen LogP contribution in [0.25, 0.3) is 11.1 Å². The average Bonchev–Trinajstić information content (AvgIpc) is 3.28. The van der Waals surface area contributed by atoms with Gasteiger partial charge in [0.2, 0.25) is 0 Å². The van der Waals surface area contributed by atoms with Crippen LogP contribution in [0.3, 0.4) is 0 Å². The van der Waals surface area contributed by atoms with Crippen LogP contribution in [0.5, 0.6) is 0 Å². The Morgan fingerprint density at radius 2 is 1.81 bits per heavy atom. The maximum Gasteiger partial charge on any atom is 0.421 e. The van der Waals surface area contributed by atoms with Crippen LogP contribution in [-0.4, -0.2) is 30.7 Å². The number of sulfonamides is 1. The van der Waals surface area contributed by atoms with Crippen molar-refractivity contribution >= 4 is 16.1 Å². The minimum absolute atomic E-state index is 0.00345. The van der Waals surface area contributed by atoms with Gasteiger partial charge in [0, 0.05) is 24.5 Å². The van der Waals surface area contributed by atoms with E-state index in [1.807, 2.05) is 42.0 Å². The van der Waals surface area contributed by atoms with E-state index in [1.165, 1.54) is 19.9 Å². The van der Waals surface area contributed by atoms with Crippen molar-refractivity contribution in [1.29, 1.82) is 0 Å². The van der Waals surface area contributed by atoms with Gasteiger partial charge in [-0.1, -0.05) is 57.5 Å². The van der Waals surface area contributed by atoms with Crippen LogP contribution in [0.15, 0.2) is 59.8 Å². The van der Waals surface area contributed by atoms with Gasteiger partial charge in [-0.3, -0.25) is 0 Å². The number of halogens is 1. The molecule has 0 saturated carbocycles. The van der Waals surface area contributed by atoms with Crippen molar-refractivity contribution < 1.29 is 22.3 Å². The van der Waals surface area contributed by atoms with Crippen molar-refractivity contribution in [2.45, 2.75) is 71.0 Å². The van der Waals surface area contributed by atoms with Crippen LogP contribution in [-0.2, 0) is 33.4 Å². The summed E-state index contributed by atoms with van der Waals surface area (Å²) in [5.41, 5.74) is 1.51. The number of benzene rings is 2. The van der Waals surface area contributed by atoms with E-state index in [0.29, 0.717) is 35.8 Å². The quantitative estimate of drug-likeness (QED) is 0.298. The lowest BCUT2D eigenvalue weighted by atomic mass is 9.97.